The predicted octanol–water partition coefficient (Wildman–Crippen LogP) is 0.913. The van der Waals surface area contributed by atoms with Crippen LogP contribution in [0.15, 0.2) is 29.5 Å². The highest BCUT2D eigenvalue weighted by molar-refractivity contribution is 5.98. The normalized spacial score (nSPS) is 14.6. The maximum atomic E-state index is 12.7. The van der Waals surface area contributed by atoms with E-state index < -0.39 is 0 Å². The van der Waals surface area contributed by atoms with Gasteiger partial charge in [-0.2, -0.15) is 5.10 Å². The van der Waals surface area contributed by atoms with Gasteiger partial charge in [0.05, 0.1) is 33.2 Å². The number of aryl methyl sites for hydroxylation is 1. The fourth-order valence-electron chi connectivity index (χ4n) is 3.68. The van der Waals surface area contributed by atoms with Crippen molar-refractivity contribution in [1.82, 2.24) is 20.0 Å². The minimum atomic E-state index is 0.0174. The van der Waals surface area contributed by atoms with Crippen LogP contribution in [0.3, 0.4) is 0 Å². The minimum absolute atomic E-state index is 0.0174. The highest BCUT2D eigenvalue weighted by atomic mass is 16.5. The first-order chi connectivity index (χ1) is 15.0. The third-order valence-corrected chi connectivity index (χ3v) is 5.20. The first kappa shape index (κ1) is 22.3. The summed E-state index contributed by atoms with van der Waals surface area (Å²) >= 11 is 0. The van der Waals surface area contributed by atoms with Gasteiger partial charge < -0.3 is 29.3 Å². The van der Waals surface area contributed by atoms with Crippen molar-refractivity contribution in [1.29, 1.82) is 0 Å². The number of ether oxygens (including phenoxy) is 3. The van der Waals surface area contributed by atoms with Crippen LogP contribution in [0, 0.1) is 0 Å². The van der Waals surface area contributed by atoms with E-state index in [1.807, 2.05) is 30.3 Å². The molecular weight excluding hydrogens is 400 g/mol. The molecule has 2 aromatic rings. The number of carbonyl (C=O) groups is 1. The van der Waals surface area contributed by atoms with E-state index in [2.05, 4.69) is 15.4 Å². The molecule has 1 saturated heterocycles. The number of hydrogen-bond acceptors (Lipinski definition) is 6. The average molecular weight is 431 g/mol. The summed E-state index contributed by atoms with van der Waals surface area (Å²) in [6.07, 6.45) is 4.24. The predicted molar refractivity (Wildman–Crippen MR) is 118 cm³/mol. The van der Waals surface area contributed by atoms with Crippen LogP contribution in [0.1, 0.15) is 5.56 Å². The third-order valence-electron chi connectivity index (χ3n) is 5.20. The van der Waals surface area contributed by atoms with Crippen LogP contribution in [-0.2, 0) is 18.3 Å². The van der Waals surface area contributed by atoms with Crippen molar-refractivity contribution in [2.45, 2.75) is 6.42 Å². The van der Waals surface area contributed by atoms with Crippen molar-refractivity contribution >= 4 is 17.6 Å². The van der Waals surface area contributed by atoms with E-state index >= 15 is 0 Å². The van der Waals surface area contributed by atoms with E-state index in [4.69, 9.17) is 14.2 Å². The number of aliphatic imine (C=N–C) groups is 1. The lowest BCUT2D eigenvalue weighted by molar-refractivity contribution is -0.120. The Morgan fingerprint density at radius 1 is 1.16 bits per heavy atom. The molecule has 1 aromatic heterocycles. The molecule has 2 heterocycles. The second-order valence-corrected chi connectivity index (χ2v) is 7.06. The molecule has 3 rings (SSSR count). The smallest absolute Gasteiger partial charge is 0.246 e. The molecule has 0 spiro atoms. The van der Waals surface area contributed by atoms with Crippen LogP contribution >= 0.6 is 0 Å². The van der Waals surface area contributed by atoms with Crippen LogP contribution in [0.5, 0.6) is 17.2 Å². The molecule has 1 aliphatic heterocycles. The first-order valence-corrected chi connectivity index (χ1v) is 10.0. The van der Waals surface area contributed by atoms with Crippen molar-refractivity contribution in [2.75, 3.05) is 59.5 Å². The molecule has 1 aromatic carbocycles. The van der Waals surface area contributed by atoms with E-state index in [0.717, 1.165) is 11.3 Å². The van der Waals surface area contributed by atoms with Crippen LogP contribution in [0.4, 0.5) is 5.69 Å². The molecule has 1 fully saturated rings. The fourth-order valence-corrected chi connectivity index (χ4v) is 3.68. The number of guanidine groups is 1. The van der Waals surface area contributed by atoms with Crippen LogP contribution < -0.4 is 24.4 Å². The van der Waals surface area contributed by atoms with Gasteiger partial charge in [0, 0.05) is 45.5 Å². The van der Waals surface area contributed by atoms with Crippen molar-refractivity contribution in [3.8, 4) is 17.2 Å². The Morgan fingerprint density at radius 2 is 1.94 bits per heavy atom. The second kappa shape index (κ2) is 10.1. The van der Waals surface area contributed by atoms with Gasteiger partial charge in [-0.05, 0) is 12.5 Å². The second-order valence-electron chi connectivity index (χ2n) is 7.06. The zero-order chi connectivity index (χ0) is 22.4. The molecule has 168 valence electrons. The van der Waals surface area contributed by atoms with Gasteiger partial charge in [-0.1, -0.05) is 6.07 Å². The highest BCUT2D eigenvalue weighted by Crippen LogP contribution is 2.39. The summed E-state index contributed by atoms with van der Waals surface area (Å²) in [5, 5.41) is 7.49. The summed E-state index contributed by atoms with van der Waals surface area (Å²) in [7, 11) is 8.35. The molecule has 1 N–H and O–H groups in total. The number of methoxy groups -OCH3 is 3. The average Bonchev–Trinajstić information content (AvgIpc) is 3.21. The molecule has 0 bridgehead atoms. The van der Waals surface area contributed by atoms with Gasteiger partial charge in [0.25, 0.3) is 0 Å². The lowest BCUT2D eigenvalue weighted by Crippen LogP contribution is -2.55. The number of nitrogens with zero attached hydrogens (tertiary/aromatic N) is 5. The summed E-state index contributed by atoms with van der Waals surface area (Å²) in [5.41, 5.74) is 1.80. The molecule has 10 nitrogen and oxygen atoms in total. The fraction of sp³-hybridized carbons (Fsp3) is 0.476. The molecule has 0 aliphatic carbocycles. The molecule has 1 amide bonds. The number of carbonyl (C=O) groups excluding carboxylic acids is 1. The first-order valence-electron chi connectivity index (χ1n) is 10.0. The number of aromatic nitrogens is 2. The summed E-state index contributed by atoms with van der Waals surface area (Å²) in [5.74, 6) is 2.56. The minimum Gasteiger partial charge on any atom is -0.493 e. The number of amides is 1. The van der Waals surface area contributed by atoms with Gasteiger partial charge >= 0.3 is 0 Å². The van der Waals surface area contributed by atoms with Crippen molar-refractivity contribution in [3.05, 3.63) is 30.1 Å². The topological polar surface area (TPSA) is 93.5 Å². The number of nitrogens with one attached hydrogen (secondary N) is 1. The molecule has 0 atom stereocenters. The van der Waals surface area contributed by atoms with E-state index in [1.54, 1.807) is 44.2 Å². The van der Waals surface area contributed by atoms with Gasteiger partial charge in [0.1, 0.15) is 6.54 Å². The quantitative estimate of drug-likeness (QED) is 0.516. The lowest BCUT2D eigenvalue weighted by Gasteiger charge is -2.35. The number of benzene rings is 1. The van der Waals surface area contributed by atoms with Gasteiger partial charge in [0.15, 0.2) is 17.5 Å². The van der Waals surface area contributed by atoms with E-state index in [-0.39, 0.29) is 12.5 Å². The maximum absolute atomic E-state index is 12.7. The van der Waals surface area contributed by atoms with Crippen LogP contribution in [-0.4, -0.2) is 81.1 Å². The van der Waals surface area contributed by atoms with Crippen LogP contribution in [0.2, 0.25) is 0 Å². The monoisotopic (exact) mass is 430 g/mol. The zero-order valence-electron chi connectivity index (χ0n) is 18.7. The summed E-state index contributed by atoms with van der Waals surface area (Å²) in [6, 6.07) is 3.82. The summed E-state index contributed by atoms with van der Waals surface area (Å²) < 4.78 is 18.0. The molecule has 31 heavy (non-hydrogen) atoms. The largest absolute Gasteiger partial charge is 0.493 e. The lowest BCUT2D eigenvalue weighted by atomic mass is 10.1. The van der Waals surface area contributed by atoms with Gasteiger partial charge in [-0.15, -0.1) is 0 Å². The summed E-state index contributed by atoms with van der Waals surface area (Å²) in [4.78, 5) is 20.7. The van der Waals surface area contributed by atoms with Gasteiger partial charge in [-0.25, -0.2) is 0 Å². The molecule has 10 heteroatoms. The Kier molecular flexibility index (Phi) is 7.22. The summed E-state index contributed by atoms with van der Waals surface area (Å²) in [6.45, 7) is 2.14. The third kappa shape index (κ3) is 4.84. The van der Waals surface area contributed by atoms with Crippen molar-refractivity contribution in [2.24, 2.45) is 12.0 Å². The Labute approximate surface area is 182 Å². The highest BCUT2D eigenvalue weighted by Gasteiger charge is 2.27. The molecular formula is C21H30N6O4. The van der Waals surface area contributed by atoms with E-state index in [9.17, 15) is 4.79 Å². The number of hydrogen-bond donors (Lipinski definition) is 1. The number of rotatable bonds is 7. The van der Waals surface area contributed by atoms with Crippen LogP contribution in [0.25, 0.3) is 0 Å². The Bertz CT molecular complexity index is 942. The molecule has 0 saturated carbocycles. The maximum Gasteiger partial charge on any atom is 0.246 e. The Balaban J connectivity index is 1.60. The SMILES string of the molecule is CN=C(NCCc1ccc(OC)c(OC)c1OC)N1CCN(c2cnn(C)c2)C(=O)C1. The number of anilines is 1. The van der Waals surface area contributed by atoms with Gasteiger partial charge in [0.2, 0.25) is 11.7 Å². The standard InChI is InChI=1S/C21H30N6O4/c1-22-21(26-10-11-27(18(28)14-26)16-12-24-25(2)13-16)23-9-8-15-6-7-17(29-3)20(31-5)19(15)30-4/h6-7,12-13H,8-11,14H2,1-5H3,(H,22,23). The zero-order valence-corrected chi connectivity index (χ0v) is 18.7. The molecule has 0 unspecified atom stereocenters. The Morgan fingerprint density at radius 3 is 2.52 bits per heavy atom. The van der Waals surface area contributed by atoms with Crippen molar-refractivity contribution < 1.29 is 19.0 Å². The molecule has 0 radical (unpaired) electrons. The van der Waals surface area contributed by atoms with E-state index in [0.29, 0.717) is 49.3 Å². The van der Waals surface area contributed by atoms with Gasteiger partial charge in [-0.3, -0.25) is 14.5 Å². The Hall–Kier alpha value is -3.43. The number of piperazine rings is 1. The van der Waals surface area contributed by atoms with E-state index in [1.165, 1.54) is 0 Å². The molecule has 1 aliphatic rings. The van der Waals surface area contributed by atoms with Crippen molar-refractivity contribution in [3.63, 3.8) is 0 Å².